The van der Waals surface area contributed by atoms with Crippen molar-refractivity contribution < 1.29 is 29.0 Å². The Morgan fingerprint density at radius 3 is 2.57 bits per heavy atom. The molecule has 4 rings (SSSR count). The molecular weight excluding hydrogens is 448 g/mol. The number of carbonyl (C=O) groups excluding carboxylic acids is 3. The van der Waals surface area contributed by atoms with Crippen molar-refractivity contribution in [3.8, 4) is 0 Å². The van der Waals surface area contributed by atoms with Gasteiger partial charge in [-0.15, -0.1) is 0 Å². The van der Waals surface area contributed by atoms with Gasteiger partial charge in [-0.1, -0.05) is 50.5 Å². The van der Waals surface area contributed by atoms with E-state index in [1.54, 1.807) is 4.90 Å². The van der Waals surface area contributed by atoms with Gasteiger partial charge in [0.25, 0.3) is 0 Å². The molecule has 1 spiro atoms. The molecule has 2 saturated heterocycles. The van der Waals surface area contributed by atoms with E-state index in [1.165, 1.54) is 0 Å². The number of ether oxygens (including phenoxy) is 2. The highest BCUT2D eigenvalue weighted by atomic mass is 16.6. The average Bonchev–Trinajstić information content (AvgIpc) is 3.18. The number of carbonyl (C=O) groups is 3. The monoisotopic (exact) mass is 488 g/mol. The first-order valence-corrected chi connectivity index (χ1v) is 13.3. The van der Waals surface area contributed by atoms with Crippen molar-refractivity contribution >= 4 is 17.8 Å². The van der Waals surface area contributed by atoms with Crippen LogP contribution in [0.25, 0.3) is 0 Å². The van der Waals surface area contributed by atoms with E-state index in [4.69, 9.17) is 14.6 Å². The summed E-state index contributed by atoms with van der Waals surface area (Å²) < 4.78 is 12.4. The molecule has 8 heteroatoms. The number of allylic oxidation sites excluding steroid dienone is 1. The van der Waals surface area contributed by atoms with E-state index in [-0.39, 0.29) is 18.4 Å². The maximum Gasteiger partial charge on any atom is 0.313 e. The van der Waals surface area contributed by atoms with Crippen LogP contribution in [0, 0.1) is 11.8 Å². The minimum absolute atomic E-state index is 0.109. The van der Waals surface area contributed by atoms with Crippen molar-refractivity contribution in [1.82, 2.24) is 9.80 Å². The van der Waals surface area contributed by atoms with Crippen molar-refractivity contribution in [2.24, 2.45) is 11.8 Å². The first kappa shape index (κ1) is 25.9. The average molecular weight is 489 g/mol. The largest absolute Gasteiger partial charge is 0.465 e. The molecule has 4 heterocycles. The summed E-state index contributed by atoms with van der Waals surface area (Å²) in [4.78, 5) is 44.8. The molecule has 0 aromatic carbocycles. The first-order chi connectivity index (χ1) is 16.9. The second kappa shape index (κ2) is 10.8. The molecular formula is C27H40N2O6. The van der Waals surface area contributed by atoms with Crippen molar-refractivity contribution in [3.05, 3.63) is 24.3 Å². The van der Waals surface area contributed by atoms with Gasteiger partial charge in [0.05, 0.1) is 18.1 Å². The van der Waals surface area contributed by atoms with E-state index in [9.17, 15) is 14.4 Å². The first-order valence-electron chi connectivity index (χ1n) is 13.3. The zero-order valence-corrected chi connectivity index (χ0v) is 21.1. The van der Waals surface area contributed by atoms with Gasteiger partial charge in [0.1, 0.15) is 17.6 Å². The Kier molecular flexibility index (Phi) is 8.01. The fourth-order valence-electron chi connectivity index (χ4n) is 6.22. The van der Waals surface area contributed by atoms with Crippen molar-refractivity contribution in [2.45, 2.75) is 82.5 Å². The quantitative estimate of drug-likeness (QED) is 0.305. The number of amides is 2. The molecule has 2 amide bonds. The van der Waals surface area contributed by atoms with Crippen LogP contribution in [0.5, 0.6) is 0 Å². The number of aliphatic hydroxyl groups excluding tert-OH is 1. The fraction of sp³-hybridized carbons (Fsp3) is 0.741. The van der Waals surface area contributed by atoms with E-state index < -0.39 is 35.0 Å². The molecule has 0 bridgehead atoms. The summed E-state index contributed by atoms with van der Waals surface area (Å²) in [5, 5.41) is 9.08. The molecule has 0 aliphatic carbocycles. The molecule has 4 aliphatic heterocycles. The van der Waals surface area contributed by atoms with Crippen LogP contribution in [0.15, 0.2) is 24.3 Å². The van der Waals surface area contributed by atoms with E-state index in [2.05, 4.69) is 6.92 Å². The predicted molar refractivity (Wildman–Crippen MR) is 130 cm³/mol. The number of cyclic esters (lactones) is 1. The van der Waals surface area contributed by atoms with Gasteiger partial charge in [0, 0.05) is 26.2 Å². The van der Waals surface area contributed by atoms with Gasteiger partial charge in [0.15, 0.2) is 0 Å². The highest BCUT2D eigenvalue weighted by Gasteiger charge is 2.74. The molecule has 4 aliphatic rings. The number of hydrogen-bond donors (Lipinski definition) is 1. The summed E-state index contributed by atoms with van der Waals surface area (Å²) in [5.41, 5.74) is -2.24. The maximum absolute atomic E-state index is 14.0. The van der Waals surface area contributed by atoms with E-state index in [0.29, 0.717) is 26.2 Å². The Labute approximate surface area is 208 Å². The maximum atomic E-state index is 14.0. The van der Waals surface area contributed by atoms with Crippen LogP contribution in [-0.2, 0) is 23.9 Å². The number of hydrogen-bond acceptors (Lipinski definition) is 6. The zero-order valence-electron chi connectivity index (χ0n) is 21.1. The topological polar surface area (TPSA) is 96.4 Å². The number of likely N-dealkylation sites (tertiary alicyclic amines) is 1. The van der Waals surface area contributed by atoms with Crippen molar-refractivity contribution in [3.63, 3.8) is 0 Å². The molecule has 0 saturated carbocycles. The van der Waals surface area contributed by atoms with Crippen molar-refractivity contribution in [2.75, 3.05) is 32.8 Å². The molecule has 0 aromatic heterocycles. The van der Waals surface area contributed by atoms with Gasteiger partial charge in [0.2, 0.25) is 11.8 Å². The smallest absolute Gasteiger partial charge is 0.313 e. The molecule has 194 valence electrons. The lowest BCUT2D eigenvalue weighted by Crippen LogP contribution is -2.56. The predicted octanol–water partition coefficient (Wildman–Crippen LogP) is 2.60. The Bertz CT molecular complexity index is 872. The Balaban J connectivity index is 1.73. The second-order valence-corrected chi connectivity index (χ2v) is 10.4. The Morgan fingerprint density at radius 2 is 1.80 bits per heavy atom. The molecule has 8 nitrogen and oxygen atoms in total. The van der Waals surface area contributed by atoms with Crippen LogP contribution in [0.2, 0.25) is 0 Å². The van der Waals surface area contributed by atoms with Gasteiger partial charge in [-0.2, -0.15) is 0 Å². The van der Waals surface area contributed by atoms with Crippen LogP contribution >= 0.6 is 0 Å². The zero-order chi connectivity index (χ0) is 25.1. The minimum atomic E-state index is -1.21. The van der Waals surface area contributed by atoms with Gasteiger partial charge >= 0.3 is 5.97 Å². The fourth-order valence-corrected chi connectivity index (χ4v) is 6.22. The summed E-state index contributed by atoms with van der Waals surface area (Å²) in [5.74, 6) is -2.36. The third-order valence-corrected chi connectivity index (χ3v) is 7.92. The number of esters is 1. The Morgan fingerprint density at radius 1 is 1.00 bits per heavy atom. The van der Waals surface area contributed by atoms with Crippen LogP contribution in [0.1, 0.15) is 65.2 Å². The van der Waals surface area contributed by atoms with Crippen LogP contribution in [-0.4, -0.2) is 82.8 Å². The second-order valence-electron chi connectivity index (χ2n) is 10.4. The summed E-state index contributed by atoms with van der Waals surface area (Å²) in [6.45, 7) is 5.90. The van der Waals surface area contributed by atoms with E-state index >= 15 is 0 Å². The molecule has 1 unspecified atom stereocenters. The summed E-state index contributed by atoms with van der Waals surface area (Å²) in [7, 11) is 0. The van der Waals surface area contributed by atoms with Crippen LogP contribution in [0.3, 0.4) is 0 Å². The molecule has 0 aromatic rings. The Hall–Kier alpha value is -2.19. The van der Waals surface area contributed by atoms with E-state index in [1.807, 2.05) is 36.1 Å². The summed E-state index contributed by atoms with van der Waals surface area (Å²) >= 11 is 0. The molecule has 5 atom stereocenters. The number of unbranched alkanes of at least 4 members (excludes halogenated alkanes) is 4. The molecule has 0 radical (unpaired) electrons. The SMILES string of the molecule is CCCCN1CC=C[C@]23O[C@@]4(C)/C=C\CCCOC(=O)[C@H]4[C@H]2C(=O)N(CCCCCCO)C3C1=O. The minimum Gasteiger partial charge on any atom is -0.465 e. The highest BCUT2D eigenvalue weighted by molar-refractivity contribution is 5.99. The lowest BCUT2D eigenvalue weighted by molar-refractivity contribution is -0.159. The van der Waals surface area contributed by atoms with Gasteiger partial charge in [-0.25, -0.2) is 0 Å². The lowest BCUT2D eigenvalue weighted by Gasteiger charge is -2.37. The van der Waals surface area contributed by atoms with Crippen molar-refractivity contribution in [1.29, 1.82) is 0 Å². The van der Waals surface area contributed by atoms with E-state index in [0.717, 1.165) is 51.4 Å². The van der Waals surface area contributed by atoms with Gasteiger partial charge < -0.3 is 24.4 Å². The number of rotatable bonds is 9. The molecule has 2 fully saturated rings. The van der Waals surface area contributed by atoms with Crippen LogP contribution in [0.4, 0.5) is 0 Å². The lowest BCUT2D eigenvalue weighted by atomic mass is 9.74. The third-order valence-electron chi connectivity index (χ3n) is 7.92. The normalized spacial score (nSPS) is 35.5. The number of nitrogens with zero attached hydrogens (tertiary/aromatic N) is 2. The van der Waals surface area contributed by atoms with Gasteiger partial charge in [-0.05, 0) is 39.0 Å². The molecule has 35 heavy (non-hydrogen) atoms. The number of aliphatic hydroxyl groups is 1. The molecule has 1 N–H and O–H groups in total. The van der Waals surface area contributed by atoms with Crippen LogP contribution < -0.4 is 0 Å². The number of fused-ring (bicyclic) bond motifs is 2. The summed E-state index contributed by atoms with van der Waals surface area (Å²) in [6.07, 6.45) is 14.2. The third kappa shape index (κ3) is 4.67. The standard InChI is InChI=1S/C27H40N2O6/c1-3-4-15-28-16-12-14-27-20(21-25(33)34-19-11-7-8-13-26(21,2)35-27)23(31)29(22(27)24(28)32)17-9-5-6-10-18-30/h8,12-14,20-22,30H,3-7,9-11,15-19H2,1-2H3/b13-8-/t20-,21+,22?,26-,27-/m0/s1. The van der Waals surface area contributed by atoms with Gasteiger partial charge in [-0.3, -0.25) is 14.4 Å². The highest BCUT2D eigenvalue weighted by Crippen LogP contribution is 2.57. The summed E-state index contributed by atoms with van der Waals surface area (Å²) in [6, 6.07) is -0.804.